The summed E-state index contributed by atoms with van der Waals surface area (Å²) >= 11 is 1.35. The molecule has 7 heteroatoms. The summed E-state index contributed by atoms with van der Waals surface area (Å²) in [6.07, 6.45) is 0. The Morgan fingerprint density at radius 3 is 2.48 bits per heavy atom. The Morgan fingerprint density at radius 2 is 1.95 bits per heavy atom. The summed E-state index contributed by atoms with van der Waals surface area (Å²) in [7, 11) is 0. The third kappa shape index (κ3) is 4.22. The van der Waals surface area contributed by atoms with Crippen molar-refractivity contribution in [1.29, 1.82) is 0 Å². The van der Waals surface area contributed by atoms with Crippen LogP contribution in [0.15, 0.2) is 29.6 Å². The van der Waals surface area contributed by atoms with Crippen LogP contribution in [0.2, 0.25) is 0 Å². The van der Waals surface area contributed by atoms with Gasteiger partial charge in [0.05, 0.1) is 5.69 Å². The molecule has 112 valence electrons. The molecule has 0 radical (unpaired) electrons. The van der Waals surface area contributed by atoms with Crippen LogP contribution in [0.1, 0.15) is 35.8 Å². The van der Waals surface area contributed by atoms with Crippen molar-refractivity contribution in [3.8, 4) is 5.75 Å². The van der Waals surface area contributed by atoms with Gasteiger partial charge in [-0.3, -0.25) is 10.1 Å². The summed E-state index contributed by atoms with van der Waals surface area (Å²) in [5, 5.41) is 5.07. The largest absolute Gasteiger partial charge is 0.435 e. The molecule has 0 spiro atoms. The zero-order valence-electron chi connectivity index (χ0n) is 11.5. The summed E-state index contributed by atoms with van der Waals surface area (Å²) < 4.78 is 28.3. The van der Waals surface area contributed by atoms with Gasteiger partial charge in [0.1, 0.15) is 5.75 Å². The number of halogens is 2. The van der Waals surface area contributed by atoms with Gasteiger partial charge in [-0.25, -0.2) is 4.98 Å². The third-order valence-electron chi connectivity index (χ3n) is 2.68. The number of anilines is 1. The number of carbonyl (C=O) groups excluding carboxylic acids is 1. The zero-order valence-corrected chi connectivity index (χ0v) is 12.3. The number of ether oxygens (including phenoxy) is 1. The maximum absolute atomic E-state index is 12.0. The van der Waals surface area contributed by atoms with E-state index in [0.29, 0.717) is 10.7 Å². The molecule has 0 saturated carbocycles. The van der Waals surface area contributed by atoms with Gasteiger partial charge >= 0.3 is 6.61 Å². The molecule has 1 heterocycles. The van der Waals surface area contributed by atoms with Crippen LogP contribution in [0.3, 0.4) is 0 Å². The van der Waals surface area contributed by atoms with E-state index in [1.165, 1.54) is 35.6 Å². The predicted octanol–water partition coefficient (Wildman–Crippen LogP) is 4.12. The van der Waals surface area contributed by atoms with Crippen molar-refractivity contribution in [3.05, 3.63) is 40.9 Å². The van der Waals surface area contributed by atoms with E-state index in [2.05, 4.69) is 15.0 Å². The molecule has 2 rings (SSSR count). The Kier molecular flexibility index (Phi) is 4.85. The molecule has 2 aromatic rings. The Morgan fingerprint density at radius 1 is 1.29 bits per heavy atom. The van der Waals surface area contributed by atoms with Crippen LogP contribution in [-0.4, -0.2) is 17.5 Å². The highest BCUT2D eigenvalue weighted by Crippen LogP contribution is 2.22. The number of thiazole rings is 1. The van der Waals surface area contributed by atoms with E-state index in [0.717, 1.165) is 5.69 Å². The van der Waals surface area contributed by atoms with Crippen LogP contribution in [-0.2, 0) is 0 Å². The first-order valence-corrected chi connectivity index (χ1v) is 7.15. The number of amides is 1. The minimum atomic E-state index is -2.88. The summed E-state index contributed by atoms with van der Waals surface area (Å²) in [5.74, 6) is -0.0428. The molecule has 1 N–H and O–H groups in total. The number of alkyl halides is 2. The molecule has 0 aliphatic carbocycles. The lowest BCUT2D eigenvalue weighted by Crippen LogP contribution is -2.12. The van der Waals surface area contributed by atoms with Crippen molar-refractivity contribution >= 4 is 22.4 Å². The number of nitrogens with one attached hydrogen (secondary N) is 1. The minimum Gasteiger partial charge on any atom is -0.435 e. The van der Waals surface area contributed by atoms with E-state index in [4.69, 9.17) is 0 Å². The van der Waals surface area contributed by atoms with E-state index in [1.54, 1.807) is 0 Å². The number of benzene rings is 1. The van der Waals surface area contributed by atoms with Gasteiger partial charge in [0.25, 0.3) is 5.91 Å². The predicted molar refractivity (Wildman–Crippen MR) is 77.2 cm³/mol. The second-order valence-corrected chi connectivity index (χ2v) is 5.45. The lowest BCUT2D eigenvalue weighted by molar-refractivity contribution is -0.0498. The summed E-state index contributed by atoms with van der Waals surface area (Å²) in [4.78, 5) is 16.3. The molecule has 0 saturated heterocycles. The highest BCUT2D eigenvalue weighted by atomic mass is 32.1. The molecule has 0 fully saturated rings. The molecule has 4 nitrogen and oxygen atoms in total. The van der Waals surface area contributed by atoms with Gasteiger partial charge in [0.15, 0.2) is 5.13 Å². The summed E-state index contributed by atoms with van der Waals surface area (Å²) in [5.41, 5.74) is 1.26. The third-order valence-corrected chi connectivity index (χ3v) is 3.45. The van der Waals surface area contributed by atoms with Gasteiger partial charge in [0, 0.05) is 10.9 Å². The van der Waals surface area contributed by atoms with Crippen molar-refractivity contribution in [2.24, 2.45) is 0 Å². The van der Waals surface area contributed by atoms with Crippen LogP contribution >= 0.6 is 11.3 Å². The van der Waals surface area contributed by atoms with Crippen LogP contribution in [0.4, 0.5) is 13.9 Å². The molecule has 0 unspecified atom stereocenters. The van der Waals surface area contributed by atoms with Crippen molar-refractivity contribution in [2.45, 2.75) is 26.4 Å². The van der Waals surface area contributed by atoms with E-state index >= 15 is 0 Å². The number of hydrogen-bond donors (Lipinski definition) is 1. The molecule has 0 aliphatic heterocycles. The van der Waals surface area contributed by atoms with Crippen LogP contribution < -0.4 is 10.1 Å². The monoisotopic (exact) mass is 312 g/mol. The van der Waals surface area contributed by atoms with E-state index in [9.17, 15) is 13.6 Å². The number of nitrogens with zero attached hydrogens (tertiary/aromatic N) is 1. The minimum absolute atomic E-state index is 0.0119. The van der Waals surface area contributed by atoms with Gasteiger partial charge in [-0.05, 0) is 30.2 Å². The highest BCUT2D eigenvalue weighted by molar-refractivity contribution is 7.14. The number of carbonyl (C=O) groups is 1. The number of hydrogen-bond acceptors (Lipinski definition) is 4. The first-order valence-electron chi connectivity index (χ1n) is 6.27. The highest BCUT2D eigenvalue weighted by Gasteiger charge is 2.11. The standard InChI is InChI=1S/C14H14F2N2O2S/c1-8(2)11-7-21-14(17-11)18-12(19)9-3-5-10(6-4-9)20-13(15)16/h3-8,13H,1-2H3,(H,17,18,19). The van der Waals surface area contributed by atoms with Crippen molar-refractivity contribution < 1.29 is 18.3 Å². The van der Waals surface area contributed by atoms with Gasteiger partial charge in [-0.2, -0.15) is 8.78 Å². The van der Waals surface area contributed by atoms with Crippen LogP contribution in [0.5, 0.6) is 5.75 Å². The van der Waals surface area contributed by atoms with Gasteiger partial charge in [0.2, 0.25) is 0 Å². The summed E-state index contributed by atoms with van der Waals surface area (Å²) in [6.45, 7) is 1.15. The molecular formula is C14H14F2N2O2S. The average molecular weight is 312 g/mol. The average Bonchev–Trinajstić information content (AvgIpc) is 2.87. The van der Waals surface area contributed by atoms with Gasteiger partial charge in [-0.15, -0.1) is 11.3 Å². The van der Waals surface area contributed by atoms with Crippen LogP contribution in [0.25, 0.3) is 0 Å². The van der Waals surface area contributed by atoms with Crippen molar-refractivity contribution in [1.82, 2.24) is 4.98 Å². The van der Waals surface area contributed by atoms with Gasteiger partial charge in [-0.1, -0.05) is 13.8 Å². The fourth-order valence-electron chi connectivity index (χ4n) is 1.57. The quantitative estimate of drug-likeness (QED) is 0.903. The Bertz CT molecular complexity index is 612. The molecule has 0 bridgehead atoms. The smallest absolute Gasteiger partial charge is 0.387 e. The van der Waals surface area contributed by atoms with Crippen molar-refractivity contribution in [2.75, 3.05) is 5.32 Å². The second kappa shape index (κ2) is 6.62. The first kappa shape index (κ1) is 15.4. The lowest BCUT2D eigenvalue weighted by Gasteiger charge is -2.05. The Balaban J connectivity index is 2.02. The SMILES string of the molecule is CC(C)c1csc(NC(=O)c2ccc(OC(F)F)cc2)n1. The fourth-order valence-corrected chi connectivity index (χ4v) is 2.43. The zero-order chi connectivity index (χ0) is 15.4. The van der Waals surface area contributed by atoms with Crippen LogP contribution in [0, 0.1) is 0 Å². The Hall–Kier alpha value is -2.02. The lowest BCUT2D eigenvalue weighted by atomic mass is 10.2. The van der Waals surface area contributed by atoms with E-state index < -0.39 is 6.61 Å². The Labute approximate surface area is 124 Å². The molecule has 1 aromatic carbocycles. The van der Waals surface area contributed by atoms with E-state index in [-0.39, 0.29) is 17.6 Å². The molecular weight excluding hydrogens is 298 g/mol. The normalized spacial score (nSPS) is 11.0. The number of rotatable bonds is 5. The maximum Gasteiger partial charge on any atom is 0.387 e. The molecule has 0 atom stereocenters. The topological polar surface area (TPSA) is 51.2 Å². The first-order chi connectivity index (χ1) is 9.95. The summed E-state index contributed by atoms with van der Waals surface area (Å²) in [6, 6.07) is 5.49. The van der Waals surface area contributed by atoms with Gasteiger partial charge < -0.3 is 4.74 Å². The molecule has 1 aromatic heterocycles. The molecule has 0 aliphatic rings. The van der Waals surface area contributed by atoms with Crippen molar-refractivity contribution in [3.63, 3.8) is 0 Å². The maximum atomic E-state index is 12.0. The number of aromatic nitrogens is 1. The fraction of sp³-hybridized carbons (Fsp3) is 0.286. The second-order valence-electron chi connectivity index (χ2n) is 4.59. The molecule has 1 amide bonds. The molecule has 21 heavy (non-hydrogen) atoms. The van der Waals surface area contributed by atoms with E-state index in [1.807, 2.05) is 19.2 Å².